The van der Waals surface area contributed by atoms with Gasteiger partial charge in [-0.25, -0.2) is 0 Å². The molecule has 0 spiro atoms. The third-order valence-electron chi connectivity index (χ3n) is 4.72. The molecule has 5 rings (SSSR count). The molecule has 1 nitrogen and oxygen atoms in total. The van der Waals surface area contributed by atoms with E-state index in [9.17, 15) is 0 Å². The fourth-order valence-electron chi connectivity index (χ4n) is 3.51. The van der Waals surface area contributed by atoms with E-state index in [-0.39, 0.29) is 0 Å². The van der Waals surface area contributed by atoms with Crippen LogP contribution in [0.2, 0.25) is 0 Å². The Balaban J connectivity index is 1.69. The highest BCUT2D eigenvalue weighted by atomic mass is 16.3. The van der Waals surface area contributed by atoms with Crippen molar-refractivity contribution in [3.05, 3.63) is 97.1 Å². The van der Waals surface area contributed by atoms with Crippen molar-refractivity contribution < 1.29 is 4.42 Å². The molecule has 1 heterocycles. The van der Waals surface area contributed by atoms with Crippen LogP contribution >= 0.6 is 0 Å². The van der Waals surface area contributed by atoms with Crippen molar-refractivity contribution in [3.63, 3.8) is 0 Å². The number of hydrogen-bond donors (Lipinski definition) is 0. The van der Waals surface area contributed by atoms with Crippen LogP contribution in [0, 0.1) is 0 Å². The molecule has 1 aromatic heterocycles. The highest BCUT2D eigenvalue weighted by Gasteiger charge is 2.11. The fourth-order valence-corrected chi connectivity index (χ4v) is 3.51. The second-order valence-electron chi connectivity index (χ2n) is 6.22. The molecule has 0 saturated heterocycles. The predicted molar refractivity (Wildman–Crippen MR) is 105 cm³/mol. The zero-order valence-electron chi connectivity index (χ0n) is 13.6. The van der Waals surface area contributed by atoms with E-state index < -0.39 is 0 Å². The Morgan fingerprint density at radius 3 is 1.36 bits per heavy atom. The first-order valence-corrected chi connectivity index (χ1v) is 8.46. The van der Waals surface area contributed by atoms with E-state index in [4.69, 9.17) is 4.42 Å². The van der Waals surface area contributed by atoms with Gasteiger partial charge in [-0.05, 0) is 33.7 Å². The van der Waals surface area contributed by atoms with Crippen LogP contribution in [0.4, 0.5) is 0 Å². The Labute approximate surface area is 146 Å². The molecule has 0 amide bonds. The standard InChI is InChI=1S/C24H16O/c1-3-11-19-17(7-1)9-5-13-21(19)23-15-16-24(25-23)22-14-6-10-18-8-2-4-12-20(18)22/h1-16H. The van der Waals surface area contributed by atoms with Gasteiger partial charge >= 0.3 is 0 Å². The van der Waals surface area contributed by atoms with Gasteiger partial charge in [0.25, 0.3) is 0 Å². The maximum absolute atomic E-state index is 6.27. The van der Waals surface area contributed by atoms with E-state index >= 15 is 0 Å². The number of rotatable bonds is 2. The Morgan fingerprint density at radius 2 is 0.840 bits per heavy atom. The van der Waals surface area contributed by atoms with Crippen LogP contribution in [-0.2, 0) is 0 Å². The molecule has 25 heavy (non-hydrogen) atoms. The first kappa shape index (κ1) is 14.1. The van der Waals surface area contributed by atoms with Gasteiger partial charge in [0.1, 0.15) is 11.5 Å². The summed E-state index contributed by atoms with van der Waals surface area (Å²) in [5.41, 5.74) is 2.26. The van der Waals surface area contributed by atoms with Crippen LogP contribution in [0.5, 0.6) is 0 Å². The van der Waals surface area contributed by atoms with Crippen molar-refractivity contribution in [2.45, 2.75) is 0 Å². The Morgan fingerprint density at radius 1 is 0.400 bits per heavy atom. The maximum Gasteiger partial charge on any atom is 0.135 e. The minimum atomic E-state index is 0.903. The lowest BCUT2D eigenvalue weighted by molar-refractivity contribution is 0.598. The molecule has 0 radical (unpaired) electrons. The minimum Gasteiger partial charge on any atom is -0.456 e. The van der Waals surface area contributed by atoms with Crippen molar-refractivity contribution >= 4 is 21.5 Å². The summed E-state index contributed by atoms with van der Waals surface area (Å²) in [6.07, 6.45) is 0. The summed E-state index contributed by atoms with van der Waals surface area (Å²) in [7, 11) is 0. The highest BCUT2D eigenvalue weighted by Crippen LogP contribution is 2.35. The molecular formula is C24H16O. The lowest BCUT2D eigenvalue weighted by Crippen LogP contribution is -1.79. The minimum absolute atomic E-state index is 0.903. The third kappa shape index (κ3) is 2.33. The van der Waals surface area contributed by atoms with Crippen molar-refractivity contribution in [2.75, 3.05) is 0 Å². The van der Waals surface area contributed by atoms with Gasteiger partial charge in [0.15, 0.2) is 0 Å². The van der Waals surface area contributed by atoms with Gasteiger partial charge in [0.05, 0.1) is 0 Å². The van der Waals surface area contributed by atoms with E-state index in [1.807, 2.05) is 0 Å². The van der Waals surface area contributed by atoms with Crippen LogP contribution < -0.4 is 0 Å². The molecule has 0 aliphatic carbocycles. The van der Waals surface area contributed by atoms with E-state index in [2.05, 4.69) is 97.1 Å². The van der Waals surface area contributed by atoms with Crippen molar-refractivity contribution in [3.8, 4) is 22.6 Å². The van der Waals surface area contributed by atoms with Crippen LogP contribution in [-0.4, -0.2) is 0 Å². The van der Waals surface area contributed by atoms with Crippen LogP contribution in [0.1, 0.15) is 0 Å². The number of furan rings is 1. The Hall–Kier alpha value is -3.32. The smallest absolute Gasteiger partial charge is 0.135 e. The molecule has 118 valence electrons. The van der Waals surface area contributed by atoms with Crippen molar-refractivity contribution in [1.29, 1.82) is 0 Å². The Kier molecular flexibility index (Phi) is 3.17. The molecule has 0 aliphatic rings. The highest BCUT2D eigenvalue weighted by molar-refractivity contribution is 5.97. The zero-order chi connectivity index (χ0) is 16.6. The van der Waals surface area contributed by atoms with Gasteiger partial charge in [0.2, 0.25) is 0 Å². The van der Waals surface area contributed by atoms with Gasteiger partial charge in [0, 0.05) is 11.1 Å². The summed E-state index contributed by atoms with van der Waals surface area (Å²) in [4.78, 5) is 0. The van der Waals surface area contributed by atoms with E-state index in [0.29, 0.717) is 0 Å². The first-order valence-electron chi connectivity index (χ1n) is 8.46. The summed E-state index contributed by atoms with van der Waals surface area (Å²) >= 11 is 0. The van der Waals surface area contributed by atoms with Crippen molar-refractivity contribution in [1.82, 2.24) is 0 Å². The van der Waals surface area contributed by atoms with E-state index in [1.54, 1.807) is 0 Å². The lowest BCUT2D eigenvalue weighted by Gasteiger charge is -2.05. The second-order valence-corrected chi connectivity index (χ2v) is 6.22. The summed E-state index contributed by atoms with van der Waals surface area (Å²) in [6.45, 7) is 0. The molecule has 0 N–H and O–H groups in total. The first-order chi connectivity index (χ1) is 12.4. The monoisotopic (exact) mass is 320 g/mol. The van der Waals surface area contributed by atoms with Gasteiger partial charge < -0.3 is 4.42 Å². The molecule has 0 saturated carbocycles. The van der Waals surface area contributed by atoms with Gasteiger partial charge in [-0.2, -0.15) is 0 Å². The molecular weight excluding hydrogens is 304 g/mol. The predicted octanol–water partition coefficient (Wildman–Crippen LogP) is 6.92. The van der Waals surface area contributed by atoms with E-state index in [0.717, 1.165) is 22.6 Å². The molecule has 0 fully saturated rings. The number of benzene rings is 4. The van der Waals surface area contributed by atoms with Crippen molar-refractivity contribution in [2.24, 2.45) is 0 Å². The SMILES string of the molecule is c1ccc2c(-c3ccc(-c4cccc5ccccc45)o3)cccc2c1. The maximum atomic E-state index is 6.27. The average molecular weight is 320 g/mol. The Bertz CT molecular complexity index is 1090. The molecule has 0 bridgehead atoms. The summed E-state index contributed by atoms with van der Waals surface area (Å²) in [6, 6.07) is 33.6. The molecule has 1 heteroatoms. The quantitative estimate of drug-likeness (QED) is 0.344. The zero-order valence-corrected chi connectivity index (χ0v) is 13.6. The molecule has 4 aromatic carbocycles. The van der Waals surface area contributed by atoms with Crippen LogP contribution in [0.3, 0.4) is 0 Å². The number of fused-ring (bicyclic) bond motifs is 2. The van der Waals surface area contributed by atoms with Gasteiger partial charge in [-0.1, -0.05) is 84.9 Å². The second kappa shape index (κ2) is 5.64. The topological polar surface area (TPSA) is 13.1 Å². The normalized spacial score (nSPS) is 11.2. The van der Waals surface area contributed by atoms with E-state index in [1.165, 1.54) is 21.5 Å². The molecule has 0 unspecified atom stereocenters. The molecule has 5 aromatic rings. The fraction of sp³-hybridized carbons (Fsp3) is 0. The molecule has 0 atom stereocenters. The number of hydrogen-bond acceptors (Lipinski definition) is 1. The summed E-state index contributed by atoms with van der Waals surface area (Å²) in [5, 5.41) is 4.87. The third-order valence-corrected chi connectivity index (χ3v) is 4.72. The van der Waals surface area contributed by atoms with Gasteiger partial charge in [-0.3, -0.25) is 0 Å². The van der Waals surface area contributed by atoms with Gasteiger partial charge in [-0.15, -0.1) is 0 Å². The lowest BCUT2D eigenvalue weighted by atomic mass is 10.0. The largest absolute Gasteiger partial charge is 0.456 e. The van der Waals surface area contributed by atoms with Crippen LogP contribution in [0.15, 0.2) is 101 Å². The molecule has 0 aliphatic heterocycles. The summed E-state index contributed by atoms with van der Waals surface area (Å²) in [5.74, 6) is 1.81. The average Bonchev–Trinajstić information content (AvgIpc) is 3.17. The summed E-state index contributed by atoms with van der Waals surface area (Å²) < 4.78 is 6.27. The van der Waals surface area contributed by atoms with Crippen LogP contribution in [0.25, 0.3) is 44.2 Å².